The maximum Gasteiger partial charge on any atom is 0.339 e. The molecular weight excluding hydrogens is 388 g/mol. The van der Waals surface area contributed by atoms with Crippen LogP contribution in [0.4, 0.5) is 5.69 Å². The lowest BCUT2D eigenvalue weighted by Crippen LogP contribution is -2.49. The first-order valence-electron chi connectivity index (χ1n) is 9.55. The summed E-state index contributed by atoms with van der Waals surface area (Å²) < 4.78 is 5.32. The fourth-order valence-electron chi connectivity index (χ4n) is 3.59. The summed E-state index contributed by atoms with van der Waals surface area (Å²) in [5.74, 6) is -0.656. The Morgan fingerprint density at radius 3 is 2.41 bits per heavy atom. The Bertz CT molecular complexity index is 1040. The zero-order chi connectivity index (χ0) is 20.2. The molecule has 29 heavy (non-hydrogen) atoms. The van der Waals surface area contributed by atoms with Crippen molar-refractivity contribution in [1.29, 1.82) is 0 Å². The van der Waals surface area contributed by atoms with Crippen LogP contribution in [0.2, 0.25) is 5.02 Å². The highest BCUT2D eigenvalue weighted by molar-refractivity contribution is 6.30. The van der Waals surface area contributed by atoms with Crippen molar-refractivity contribution in [3.63, 3.8) is 0 Å². The molecule has 0 N–H and O–H groups in total. The Hall–Kier alpha value is -3.05. The number of fused-ring (bicyclic) bond motifs is 1. The van der Waals surface area contributed by atoms with Gasteiger partial charge in [-0.15, -0.1) is 0 Å². The van der Waals surface area contributed by atoms with E-state index in [1.807, 2.05) is 60.7 Å². The molecule has 148 valence electrons. The lowest BCUT2D eigenvalue weighted by atomic mass is 10.1. The van der Waals surface area contributed by atoms with Crippen molar-refractivity contribution in [2.24, 2.45) is 0 Å². The van der Waals surface area contributed by atoms with E-state index in [1.54, 1.807) is 11.0 Å². The molecule has 1 fully saturated rings. The van der Waals surface area contributed by atoms with Gasteiger partial charge in [-0.25, -0.2) is 4.79 Å². The first-order chi connectivity index (χ1) is 14.1. The van der Waals surface area contributed by atoms with Gasteiger partial charge in [0.05, 0.1) is 5.56 Å². The second-order valence-corrected chi connectivity index (χ2v) is 7.39. The van der Waals surface area contributed by atoms with E-state index in [1.165, 1.54) is 0 Å². The summed E-state index contributed by atoms with van der Waals surface area (Å²) in [6.45, 7) is 2.33. The molecule has 0 unspecified atom stereocenters. The van der Waals surface area contributed by atoms with E-state index in [4.69, 9.17) is 16.3 Å². The number of nitrogens with zero attached hydrogens (tertiary/aromatic N) is 2. The number of carbonyl (C=O) groups is 2. The SMILES string of the molecule is O=C(OCC(=O)N1CCN(c2cccc(Cl)c2)CC1)c1cccc2ccccc12. The Balaban J connectivity index is 1.33. The van der Waals surface area contributed by atoms with Crippen LogP contribution in [0.15, 0.2) is 66.7 Å². The van der Waals surface area contributed by atoms with Gasteiger partial charge in [-0.3, -0.25) is 4.79 Å². The van der Waals surface area contributed by atoms with Gasteiger partial charge < -0.3 is 14.5 Å². The number of anilines is 1. The van der Waals surface area contributed by atoms with Crippen molar-refractivity contribution in [1.82, 2.24) is 4.90 Å². The van der Waals surface area contributed by atoms with Gasteiger partial charge in [0.25, 0.3) is 5.91 Å². The van der Waals surface area contributed by atoms with Gasteiger partial charge in [0.15, 0.2) is 6.61 Å². The number of hydrogen-bond donors (Lipinski definition) is 0. The predicted octanol–water partition coefficient (Wildman–Crippen LogP) is 4.00. The molecule has 0 radical (unpaired) electrons. The molecule has 1 saturated heterocycles. The zero-order valence-corrected chi connectivity index (χ0v) is 16.6. The molecule has 0 aliphatic carbocycles. The third-order valence-electron chi connectivity index (χ3n) is 5.14. The van der Waals surface area contributed by atoms with E-state index in [-0.39, 0.29) is 12.5 Å². The van der Waals surface area contributed by atoms with E-state index in [0.29, 0.717) is 36.8 Å². The summed E-state index contributed by atoms with van der Waals surface area (Å²) in [5, 5.41) is 2.48. The molecule has 4 rings (SSSR count). The molecule has 3 aromatic carbocycles. The molecule has 0 bridgehead atoms. The van der Waals surface area contributed by atoms with Gasteiger partial charge in [0.1, 0.15) is 0 Å². The molecule has 0 saturated carbocycles. The summed E-state index contributed by atoms with van der Waals surface area (Å²) in [7, 11) is 0. The van der Waals surface area contributed by atoms with Crippen LogP contribution >= 0.6 is 11.6 Å². The number of esters is 1. The number of hydrogen-bond acceptors (Lipinski definition) is 4. The van der Waals surface area contributed by atoms with Crippen LogP contribution in [0.25, 0.3) is 10.8 Å². The number of carbonyl (C=O) groups excluding carboxylic acids is 2. The van der Waals surface area contributed by atoms with Crippen LogP contribution in [0, 0.1) is 0 Å². The maximum atomic E-state index is 12.5. The van der Waals surface area contributed by atoms with Crippen LogP contribution in [0.5, 0.6) is 0 Å². The second kappa shape index (κ2) is 8.53. The zero-order valence-electron chi connectivity index (χ0n) is 15.9. The highest BCUT2D eigenvalue weighted by atomic mass is 35.5. The van der Waals surface area contributed by atoms with Gasteiger partial charge in [-0.1, -0.05) is 54.1 Å². The molecule has 0 atom stereocenters. The van der Waals surface area contributed by atoms with Gasteiger partial charge >= 0.3 is 5.97 Å². The van der Waals surface area contributed by atoms with Crippen molar-refractivity contribution >= 4 is 39.9 Å². The maximum absolute atomic E-state index is 12.5. The average Bonchev–Trinajstić information content (AvgIpc) is 2.77. The van der Waals surface area contributed by atoms with Gasteiger partial charge in [-0.2, -0.15) is 0 Å². The van der Waals surface area contributed by atoms with Crippen LogP contribution < -0.4 is 4.90 Å². The van der Waals surface area contributed by atoms with Crippen LogP contribution in [-0.2, 0) is 9.53 Å². The number of rotatable bonds is 4. The number of halogens is 1. The van der Waals surface area contributed by atoms with Crippen molar-refractivity contribution in [3.05, 3.63) is 77.3 Å². The Morgan fingerprint density at radius 2 is 1.62 bits per heavy atom. The Morgan fingerprint density at radius 1 is 0.897 bits per heavy atom. The first-order valence-corrected chi connectivity index (χ1v) is 9.93. The van der Waals surface area contributed by atoms with E-state index >= 15 is 0 Å². The smallest absolute Gasteiger partial charge is 0.339 e. The number of piperazine rings is 1. The van der Waals surface area contributed by atoms with Crippen molar-refractivity contribution in [3.8, 4) is 0 Å². The molecule has 0 aromatic heterocycles. The first kappa shape index (κ1) is 19.3. The fraction of sp³-hybridized carbons (Fsp3) is 0.217. The summed E-state index contributed by atoms with van der Waals surface area (Å²) >= 11 is 6.06. The lowest BCUT2D eigenvalue weighted by molar-refractivity contribution is -0.134. The molecule has 0 spiro atoms. The monoisotopic (exact) mass is 408 g/mol. The molecule has 1 heterocycles. The topological polar surface area (TPSA) is 49.9 Å². The van der Waals surface area contributed by atoms with E-state index in [2.05, 4.69) is 4.90 Å². The van der Waals surface area contributed by atoms with Crippen molar-refractivity contribution in [2.75, 3.05) is 37.7 Å². The summed E-state index contributed by atoms with van der Waals surface area (Å²) in [6.07, 6.45) is 0. The third kappa shape index (κ3) is 4.35. The molecular formula is C23H21ClN2O3. The van der Waals surface area contributed by atoms with E-state index in [0.717, 1.165) is 16.5 Å². The van der Waals surface area contributed by atoms with Crippen molar-refractivity contribution in [2.45, 2.75) is 0 Å². The summed E-state index contributed by atoms with van der Waals surface area (Å²) in [6, 6.07) is 20.8. The number of amides is 1. The lowest BCUT2D eigenvalue weighted by Gasteiger charge is -2.36. The standard InChI is InChI=1S/C23H21ClN2O3/c24-18-7-4-8-19(15-18)25-11-13-26(14-12-25)22(27)16-29-23(28)21-10-3-6-17-5-1-2-9-20(17)21/h1-10,15H,11-14,16H2. The van der Waals surface area contributed by atoms with Crippen LogP contribution in [0.1, 0.15) is 10.4 Å². The summed E-state index contributed by atoms with van der Waals surface area (Å²) in [5.41, 5.74) is 1.52. The molecule has 6 heteroatoms. The van der Waals surface area contributed by atoms with Crippen LogP contribution in [-0.4, -0.2) is 49.6 Å². The van der Waals surface area contributed by atoms with Gasteiger partial charge in [0.2, 0.25) is 0 Å². The molecule has 3 aromatic rings. The molecule has 1 amide bonds. The largest absolute Gasteiger partial charge is 0.452 e. The molecule has 1 aliphatic heterocycles. The second-order valence-electron chi connectivity index (χ2n) is 6.95. The predicted molar refractivity (Wildman–Crippen MR) is 114 cm³/mol. The normalized spacial score (nSPS) is 14.1. The molecule has 5 nitrogen and oxygen atoms in total. The fourth-order valence-corrected chi connectivity index (χ4v) is 3.77. The van der Waals surface area contributed by atoms with Crippen LogP contribution in [0.3, 0.4) is 0 Å². The minimum Gasteiger partial charge on any atom is -0.452 e. The highest BCUT2D eigenvalue weighted by Crippen LogP contribution is 2.21. The quantitative estimate of drug-likeness (QED) is 0.612. The van der Waals surface area contributed by atoms with Crippen molar-refractivity contribution < 1.29 is 14.3 Å². The van der Waals surface area contributed by atoms with E-state index in [9.17, 15) is 9.59 Å². The highest BCUT2D eigenvalue weighted by Gasteiger charge is 2.23. The van der Waals surface area contributed by atoms with Gasteiger partial charge in [0, 0.05) is 36.9 Å². The van der Waals surface area contributed by atoms with Gasteiger partial charge in [-0.05, 0) is 35.0 Å². The molecule has 1 aliphatic rings. The minimum atomic E-state index is -0.479. The summed E-state index contributed by atoms with van der Waals surface area (Å²) in [4.78, 5) is 28.9. The third-order valence-corrected chi connectivity index (χ3v) is 5.38. The Kier molecular flexibility index (Phi) is 5.67. The minimum absolute atomic E-state index is 0.177. The van der Waals surface area contributed by atoms with E-state index < -0.39 is 5.97 Å². The average molecular weight is 409 g/mol. The Labute approximate surface area is 174 Å². The number of ether oxygens (including phenoxy) is 1. The number of benzene rings is 3.